The van der Waals surface area contributed by atoms with Crippen LogP contribution in [-0.2, 0) is 4.79 Å². The highest BCUT2D eigenvalue weighted by atomic mass is 16.5. The number of carbonyl (C=O) groups is 1. The SMILES string of the molecule is CC(Oc1ccccc1[C@@H](C)O)C(=O)O. The summed E-state index contributed by atoms with van der Waals surface area (Å²) in [4.78, 5) is 10.6. The van der Waals surface area contributed by atoms with Gasteiger partial charge in [0.1, 0.15) is 5.75 Å². The van der Waals surface area contributed by atoms with E-state index in [4.69, 9.17) is 9.84 Å². The van der Waals surface area contributed by atoms with Crippen LogP contribution in [0.3, 0.4) is 0 Å². The second-order valence-electron chi connectivity index (χ2n) is 3.31. The van der Waals surface area contributed by atoms with Crippen LogP contribution in [0.5, 0.6) is 5.75 Å². The van der Waals surface area contributed by atoms with Gasteiger partial charge in [-0.05, 0) is 19.9 Å². The Kier molecular flexibility index (Phi) is 3.68. The Hall–Kier alpha value is -1.55. The fraction of sp³-hybridized carbons (Fsp3) is 0.364. The van der Waals surface area contributed by atoms with Crippen LogP contribution in [0.15, 0.2) is 24.3 Å². The van der Waals surface area contributed by atoms with Crippen molar-refractivity contribution in [1.29, 1.82) is 0 Å². The molecule has 2 atom stereocenters. The van der Waals surface area contributed by atoms with Crippen LogP contribution in [0, 0.1) is 0 Å². The van der Waals surface area contributed by atoms with Crippen molar-refractivity contribution in [3.63, 3.8) is 0 Å². The van der Waals surface area contributed by atoms with Gasteiger partial charge in [-0.1, -0.05) is 18.2 Å². The standard InChI is InChI=1S/C11H14O4/c1-7(12)9-5-3-4-6-10(9)15-8(2)11(13)14/h3-8,12H,1-2H3,(H,13,14)/t7-,8?/m1/s1. The molecular formula is C11H14O4. The molecule has 0 amide bonds. The molecule has 0 aliphatic carbocycles. The van der Waals surface area contributed by atoms with E-state index in [2.05, 4.69) is 0 Å². The number of carboxylic acid groups (broad SMARTS) is 1. The van der Waals surface area contributed by atoms with Gasteiger partial charge in [-0.2, -0.15) is 0 Å². The highest BCUT2D eigenvalue weighted by Gasteiger charge is 2.15. The van der Waals surface area contributed by atoms with E-state index in [0.717, 1.165) is 0 Å². The summed E-state index contributed by atoms with van der Waals surface area (Å²) >= 11 is 0. The number of ether oxygens (including phenoxy) is 1. The van der Waals surface area contributed by atoms with Crippen molar-refractivity contribution >= 4 is 5.97 Å². The Morgan fingerprint density at radius 3 is 2.47 bits per heavy atom. The molecule has 4 heteroatoms. The number of benzene rings is 1. The first-order chi connectivity index (χ1) is 7.02. The summed E-state index contributed by atoms with van der Waals surface area (Å²) in [5.74, 6) is -0.627. The summed E-state index contributed by atoms with van der Waals surface area (Å²) in [6, 6.07) is 6.84. The predicted molar refractivity (Wildman–Crippen MR) is 54.8 cm³/mol. The topological polar surface area (TPSA) is 66.8 Å². The van der Waals surface area contributed by atoms with Crippen LogP contribution < -0.4 is 4.74 Å². The smallest absolute Gasteiger partial charge is 0.344 e. The lowest BCUT2D eigenvalue weighted by Gasteiger charge is -2.15. The third kappa shape index (κ3) is 2.95. The molecule has 0 bridgehead atoms. The predicted octanol–water partition coefficient (Wildman–Crippen LogP) is 1.59. The van der Waals surface area contributed by atoms with E-state index in [1.807, 2.05) is 0 Å². The van der Waals surface area contributed by atoms with Gasteiger partial charge in [0, 0.05) is 5.56 Å². The summed E-state index contributed by atoms with van der Waals surface area (Å²) in [5, 5.41) is 18.1. The van der Waals surface area contributed by atoms with Crippen molar-refractivity contribution < 1.29 is 19.7 Å². The Morgan fingerprint density at radius 1 is 1.33 bits per heavy atom. The third-order valence-electron chi connectivity index (χ3n) is 2.02. The number of hydrogen-bond donors (Lipinski definition) is 2. The average molecular weight is 210 g/mol. The molecule has 0 aliphatic heterocycles. The van der Waals surface area contributed by atoms with Crippen molar-refractivity contribution in [1.82, 2.24) is 0 Å². The van der Waals surface area contributed by atoms with Crippen molar-refractivity contribution in [3.8, 4) is 5.75 Å². The number of rotatable bonds is 4. The molecule has 0 radical (unpaired) electrons. The van der Waals surface area contributed by atoms with E-state index in [9.17, 15) is 9.90 Å². The van der Waals surface area contributed by atoms with E-state index >= 15 is 0 Å². The third-order valence-corrected chi connectivity index (χ3v) is 2.02. The molecule has 0 spiro atoms. The molecule has 1 aromatic carbocycles. The maximum absolute atomic E-state index is 10.6. The van der Waals surface area contributed by atoms with Gasteiger partial charge in [-0.15, -0.1) is 0 Å². The van der Waals surface area contributed by atoms with E-state index in [0.29, 0.717) is 11.3 Å². The molecule has 1 unspecified atom stereocenters. The minimum atomic E-state index is -1.03. The van der Waals surface area contributed by atoms with Crippen LogP contribution in [-0.4, -0.2) is 22.3 Å². The van der Waals surface area contributed by atoms with Gasteiger partial charge in [0.25, 0.3) is 0 Å². The van der Waals surface area contributed by atoms with Crippen LogP contribution in [0.1, 0.15) is 25.5 Å². The number of aliphatic hydroxyl groups is 1. The van der Waals surface area contributed by atoms with E-state index in [-0.39, 0.29) is 0 Å². The number of carboxylic acids is 1. The van der Waals surface area contributed by atoms with Gasteiger partial charge in [0.15, 0.2) is 6.10 Å². The quantitative estimate of drug-likeness (QED) is 0.792. The maximum atomic E-state index is 10.6. The van der Waals surface area contributed by atoms with Gasteiger partial charge in [0.05, 0.1) is 6.10 Å². The Morgan fingerprint density at radius 2 is 1.93 bits per heavy atom. The molecule has 0 fully saturated rings. The van der Waals surface area contributed by atoms with Crippen molar-refractivity contribution in [3.05, 3.63) is 29.8 Å². The van der Waals surface area contributed by atoms with E-state index in [1.165, 1.54) is 6.92 Å². The zero-order chi connectivity index (χ0) is 11.4. The first kappa shape index (κ1) is 11.5. The lowest BCUT2D eigenvalue weighted by atomic mass is 10.1. The average Bonchev–Trinajstić information content (AvgIpc) is 2.18. The molecule has 0 saturated carbocycles. The van der Waals surface area contributed by atoms with Crippen LogP contribution >= 0.6 is 0 Å². The van der Waals surface area contributed by atoms with Crippen LogP contribution in [0.4, 0.5) is 0 Å². The largest absolute Gasteiger partial charge is 0.479 e. The highest BCUT2D eigenvalue weighted by molar-refractivity contribution is 5.72. The maximum Gasteiger partial charge on any atom is 0.344 e. The molecule has 82 valence electrons. The second-order valence-corrected chi connectivity index (χ2v) is 3.31. The number of aliphatic carboxylic acids is 1. The summed E-state index contributed by atoms with van der Waals surface area (Å²) < 4.78 is 5.21. The first-order valence-electron chi connectivity index (χ1n) is 4.69. The zero-order valence-electron chi connectivity index (χ0n) is 8.68. The fourth-order valence-electron chi connectivity index (χ4n) is 1.17. The molecule has 1 aromatic rings. The molecule has 4 nitrogen and oxygen atoms in total. The number of hydrogen-bond acceptors (Lipinski definition) is 3. The summed E-state index contributed by atoms with van der Waals surface area (Å²) in [7, 11) is 0. The van der Waals surface area contributed by atoms with E-state index in [1.54, 1.807) is 31.2 Å². The monoisotopic (exact) mass is 210 g/mol. The van der Waals surface area contributed by atoms with Crippen molar-refractivity contribution in [2.24, 2.45) is 0 Å². The van der Waals surface area contributed by atoms with Gasteiger partial charge in [0.2, 0.25) is 0 Å². The summed E-state index contributed by atoms with van der Waals surface area (Å²) in [6.45, 7) is 3.05. The van der Waals surface area contributed by atoms with E-state index < -0.39 is 18.2 Å². The molecule has 2 N–H and O–H groups in total. The Balaban J connectivity index is 2.89. The van der Waals surface area contributed by atoms with Crippen LogP contribution in [0.25, 0.3) is 0 Å². The summed E-state index contributed by atoms with van der Waals surface area (Å²) in [6.07, 6.45) is -1.60. The van der Waals surface area contributed by atoms with Gasteiger partial charge >= 0.3 is 5.97 Å². The molecule has 0 aliphatic rings. The first-order valence-corrected chi connectivity index (χ1v) is 4.69. The van der Waals surface area contributed by atoms with Gasteiger partial charge in [-0.3, -0.25) is 0 Å². The molecule has 1 rings (SSSR count). The summed E-state index contributed by atoms with van der Waals surface area (Å²) in [5.41, 5.74) is 0.589. The molecular weight excluding hydrogens is 196 g/mol. The molecule has 15 heavy (non-hydrogen) atoms. The zero-order valence-corrected chi connectivity index (χ0v) is 8.68. The lowest BCUT2D eigenvalue weighted by Crippen LogP contribution is -2.23. The highest BCUT2D eigenvalue weighted by Crippen LogP contribution is 2.25. The Labute approximate surface area is 88.1 Å². The Bertz CT molecular complexity index is 346. The molecule has 0 saturated heterocycles. The van der Waals surface area contributed by atoms with Crippen molar-refractivity contribution in [2.45, 2.75) is 26.1 Å². The number of aliphatic hydroxyl groups excluding tert-OH is 1. The minimum absolute atomic E-state index is 0.405. The van der Waals surface area contributed by atoms with Gasteiger partial charge in [-0.25, -0.2) is 4.79 Å². The normalized spacial score (nSPS) is 14.3. The molecule has 0 aromatic heterocycles. The second kappa shape index (κ2) is 4.79. The van der Waals surface area contributed by atoms with Crippen LogP contribution in [0.2, 0.25) is 0 Å². The fourth-order valence-corrected chi connectivity index (χ4v) is 1.17. The minimum Gasteiger partial charge on any atom is -0.479 e. The van der Waals surface area contributed by atoms with Crippen molar-refractivity contribution in [2.75, 3.05) is 0 Å². The molecule has 0 heterocycles. The number of para-hydroxylation sites is 1. The van der Waals surface area contributed by atoms with Gasteiger partial charge < -0.3 is 14.9 Å². The lowest BCUT2D eigenvalue weighted by molar-refractivity contribution is -0.144.